The Labute approximate surface area is 120 Å². The van der Waals surface area contributed by atoms with E-state index < -0.39 is 24.0 Å². The van der Waals surface area contributed by atoms with Crippen LogP contribution in [0.15, 0.2) is 15.6 Å². The number of carboxylic acids is 1. The van der Waals surface area contributed by atoms with Gasteiger partial charge >= 0.3 is 5.97 Å². The van der Waals surface area contributed by atoms with Gasteiger partial charge in [0.05, 0.1) is 6.54 Å². The van der Waals surface area contributed by atoms with Crippen LogP contribution in [0.5, 0.6) is 0 Å². The van der Waals surface area contributed by atoms with E-state index in [-0.39, 0.29) is 18.1 Å². The van der Waals surface area contributed by atoms with E-state index in [9.17, 15) is 9.59 Å². The fraction of sp³-hybridized carbons (Fsp3) is 0.455. The third kappa shape index (κ3) is 4.85. The smallest absolute Gasteiger partial charge is 0.325 e. The highest BCUT2D eigenvalue weighted by Gasteiger charge is 2.24. The van der Waals surface area contributed by atoms with E-state index in [0.29, 0.717) is 5.69 Å². The zero-order valence-electron chi connectivity index (χ0n) is 11.5. The molecule has 0 saturated heterocycles. The van der Waals surface area contributed by atoms with Gasteiger partial charge in [0.1, 0.15) is 23.6 Å². The lowest BCUT2D eigenvalue weighted by atomic mass is 10.2. The van der Waals surface area contributed by atoms with Crippen molar-refractivity contribution < 1.29 is 24.4 Å². The van der Waals surface area contributed by atoms with E-state index >= 15 is 0 Å². The lowest BCUT2D eigenvalue weighted by Crippen LogP contribution is -2.43. The Hall–Kier alpha value is -2.46. The summed E-state index contributed by atoms with van der Waals surface area (Å²) in [6, 6.07) is -0.799. The van der Waals surface area contributed by atoms with Gasteiger partial charge in [-0.15, -0.1) is 0 Å². The van der Waals surface area contributed by atoms with Gasteiger partial charge < -0.3 is 20.7 Å². The minimum Gasteiger partial charge on any atom is -0.480 e. The first kappa shape index (κ1) is 16.6. The second kappa shape index (κ2) is 7.36. The first-order valence-corrected chi connectivity index (χ1v) is 6.00. The second-order valence-electron chi connectivity index (χ2n) is 4.28. The number of nitrogens with zero attached hydrogens (tertiary/aromatic N) is 2. The molecular formula is C11H17N5O5. The van der Waals surface area contributed by atoms with E-state index in [4.69, 9.17) is 20.6 Å². The van der Waals surface area contributed by atoms with Crippen LogP contribution in [0.2, 0.25) is 0 Å². The second-order valence-corrected chi connectivity index (χ2v) is 4.28. The lowest BCUT2D eigenvalue weighted by molar-refractivity contribution is -0.141. The maximum Gasteiger partial charge on any atom is 0.325 e. The number of hydroxylamine groups is 1. The van der Waals surface area contributed by atoms with Crippen molar-refractivity contribution in [3.63, 3.8) is 0 Å². The van der Waals surface area contributed by atoms with Crippen LogP contribution in [0, 0.1) is 0 Å². The molecule has 0 aliphatic rings. The summed E-state index contributed by atoms with van der Waals surface area (Å²) < 4.78 is 4.92. The van der Waals surface area contributed by atoms with Gasteiger partial charge in [-0.3, -0.25) is 25.3 Å². The molecule has 10 heteroatoms. The summed E-state index contributed by atoms with van der Waals surface area (Å²) in [5, 5.41) is 23.2. The number of amidine groups is 1. The Kier molecular flexibility index (Phi) is 5.81. The summed E-state index contributed by atoms with van der Waals surface area (Å²) in [7, 11) is 0. The van der Waals surface area contributed by atoms with Crippen molar-refractivity contribution in [2.24, 2.45) is 10.7 Å². The third-order valence-electron chi connectivity index (χ3n) is 2.54. The number of amides is 1. The van der Waals surface area contributed by atoms with E-state index in [1.165, 1.54) is 13.0 Å². The fourth-order valence-electron chi connectivity index (χ4n) is 1.28. The number of carbonyl (C=O) groups excluding carboxylic acids is 1. The van der Waals surface area contributed by atoms with Gasteiger partial charge in [0.15, 0.2) is 5.76 Å². The molecule has 2 atom stereocenters. The maximum absolute atomic E-state index is 11.7. The molecule has 0 spiro atoms. The maximum atomic E-state index is 11.7. The summed E-state index contributed by atoms with van der Waals surface area (Å²) in [6.45, 7) is 2.99. The Bertz CT molecular complexity index is 541. The zero-order valence-corrected chi connectivity index (χ0v) is 11.5. The summed E-state index contributed by atoms with van der Waals surface area (Å²) in [5.74, 6) is -1.48. The van der Waals surface area contributed by atoms with Crippen LogP contribution in [0.4, 0.5) is 0 Å². The molecular weight excluding hydrogens is 282 g/mol. The highest BCUT2D eigenvalue weighted by atomic mass is 16.5. The largest absolute Gasteiger partial charge is 0.480 e. The predicted octanol–water partition coefficient (Wildman–Crippen LogP) is -0.839. The van der Waals surface area contributed by atoms with Gasteiger partial charge in [-0.25, -0.2) is 0 Å². The van der Waals surface area contributed by atoms with Crippen LogP contribution in [-0.4, -0.2) is 39.2 Å². The molecule has 0 aliphatic carbocycles. The molecule has 116 valence electrons. The zero-order chi connectivity index (χ0) is 16.0. The fourth-order valence-corrected chi connectivity index (χ4v) is 1.28. The number of rotatable bonds is 6. The highest BCUT2D eigenvalue weighted by molar-refractivity contribution is 5.87. The van der Waals surface area contributed by atoms with Gasteiger partial charge in [0.25, 0.3) is 0 Å². The summed E-state index contributed by atoms with van der Waals surface area (Å²) in [4.78, 5) is 26.3. The van der Waals surface area contributed by atoms with Crippen molar-refractivity contribution in [3.05, 3.63) is 17.5 Å². The molecule has 0 aromatic carbocycles. The van der Waals surface area contributed by atoms with E-state index in [1.54, 1.807) is 6.92 Å². The molecule has 1 heterocycles. The number of nitrogens with two attached hydrogens (primary N) is 1. The minimum absolute atomic E-state index is 0.0879. The molecule has 1 aromatic rings. The standard InChI is InChI=1S/C11H17N5O5/c1-5(11(18)19)14-10(17)9(12)8-3-7(16-21-8)4-13-6(2)15-20/h3,5,9,20H,4,12H2,1-2H3,(H,13,15)(H,14,17)(H,18,19). The summed E-state index contributed by atoms with van der Waals surface area (Å²) in [6.07, 6.45) is 0. The molecule has 0 bridgehead atoms. The number of carboxylic acid groups (broad SMARTS) is 1. The van der Waals surface area contributed by atoms with Crippen LogP contribution in [0.3, 0.4) is 0 Å². The molecule has 1 amide bonds. The van der Waals surface area contributed by atoms with Crippen LogP contribution in [0.25, 0.3) is 0 Å². The topological polar surface area (TPSA) is 163 Å². The SMILES string of the molecule is CC(=NCc1cc(C(N)C(=O)NC(C)C(=O)O)on1)NO. The first-order chi connectivity index (χ1) is 9.85. The molecule has 10 nitrogen and oxygen atoms in total. The molecule has 0 saturated carbocycles. The van der Waals surface area contributed by atoms with Crippen molar-refractivity contribution in [3.8, 4) is 0 Å². The normalized spacial score (nSPS) is 14.4. The van der Waals surface area contributed by atoms with Gasteiger partial charge in [-0.2, -0.15) is 0 Å². The van der Waals surface area contributed by atoms with Crippen molar-refractivity contribution in [1.29, 1.82) is 0 Å². The average molecular weight is 299 g/mol. The molecule has 2 unspecified atom stereocenters. The molecule has 6 N–H and O–H groups in total. The molecule has 0 aliphatic heterocycles. The Morgan fingerprint density at radius 3 is 2.81 bits per heavy atom. The average Bonchev–Trinajstić information content (AvgIpc) is 2.92. The van der Waals surface area contributed by atoms with Gasteiger partial charge in [0, 0.05) is 6.07 Å². The number of hydrogen-bond acceptors (Lipinski definition) is 7. The van der Waals surface area contributed by atoms with Crippen molar-refractivity contribution in [2.75, 3.05) is 0 Å². The number of hydrogen-bond donors (Lipinski definition) is 5. The number of aliphatic carboxylic acids is 1. The number of aliphatic imine (C=N–C) groups is 1. The molecule has 21 heavy (non-hydrogen) atoms. The van der Waals surface area contributed by atoms with Crippen molar-refractivity contribution in [2.45, 2.75) is 32.5 Å². The molecule has 0 fully saturated rings. The van der Waals surface area contributed by atoms with Crippen LogP contribution in [0.1, 0.15) is 31.3 Å². The first-order valence-electron chi connectivity index (χ1n) is 6.00. The minimum atomic E-state index is -1.17. The quantitative estimate of drug-likeness (QED) is 0.258. The van der Waals surface area contributed by atoms with Crippen molar-refractivity contribution >= 4 is 17.7 Å². The highest BCUT2D eigenvalue weighted by Crippen LogP contribution is 2.13. The summed E-state index contributed by atoms with van der Waals surface area (Å²) in [5.41, 5.74) is 7.93. The lowest BCUT2D eigenvalue weighted by Gasteiger charge is -2.12. The predicted molar refractivity (Wildman–Crippen MR) is 70.4 cm³/mol. The number of nitrogens with one attached hydrogen (secondary N) is 2. The van der Waals surface area contributed by atoms with E-state index in [0.717, 1.165) is 0 Å². The Morgan fingerprint density at radius 2 is 2.24 bits per heavy atom. The van der Waals surface area contributed by atoms with Crippen LogP contribution < -0.4 is 16.5 Å². The van der Waals surface area contributed by atoms with Gasteiger partial charge in [-0.1, -0.05) is 5.16 Å². The van der Waals surface area contributed by atoms with E-state index in [2.05, 4.69) is 15.5 Å². The molecule has 0 radical (unpaired) electrons. The Balaban J connectivity index is 2.67. The summed E-state index contributed by atoms with van der Waals surface area (Å²) >= 11 is 0. The van der Waals surface area contributed by atoms with Crippen molar-refractivity contribution in [1.82, 2.24) is 16.0 Å². The van der Waals surface area contributed by atoms with Crippen LogP contribution >= 0.6 is 0 Å². The molecule has 1 rings (SSSR count). The molecule has 1 aromatic heterocycles. The van der Waals surface area contributed by atoms with E-state index in [1.807, 2.05) is 5.48 Å². The monoisotopic (exact) mass is 299 g/mol. The van der Waals surface area contributed by atoms with Gasteiger partial charge in [-0.05, 0) is 13.8 Å². The number of carbonyl (C=O) groups is 2. The van der Waals surface area contributed by atoms with Gasteiger partial charge in [0.2, 0.25) is 5.91 Å². The van der Waals surface area contributed by atoms with Crippen LogP contribution in [-0.2, 0) is 16.1 Å². The third-order valence-corrected chi connectivity index (χ3v) is 2.54. The Morgan fingerprint density at radius 1 is 1.57 bits per heavy atom. The number of aromatic nitrogens is 1.